The van der Waals surface area contributed by atoms with Crippen molar-refractivity contribution in [2.45, 2.75) is 48.5 Å². The van der Waals surface area contributed by atoms with Crippen molar-refractivity contribution < 1.29 is 24.9 Å². The lowest BCUT2D eigenvalue weighted by molar-refractivity contribution is -0.226. The molecular formula is C17H19NO5. The first-order chi connectivity index (χ1) is 10.9. The summed E-state index contributed by atoms with van der Waals surface area (Å²) in [6.07, 6.45) is -0.970. The summed E-state index contributed by atoms with van der Waals surface area (Å²) in [5.41, 5.74) is -0.671. The number of ketones is 1. The first kappa shape index (κ1) is 13.8. The van der Waals surface area contributed by atoms with Gasteiger partial charge in [0.05, 0.1) is 11.5 Å². The molecule has 1 spiro atoms. The number of hydrogen-bond acceptors (Lipinski definition) is 6. The molecule has 1 saturated heterocycles. The number of aliphatic hydroxyl groups excluding tert-OH is 1. The third kappa shape index (κ3) is 1.24. The Hall–Kier alpha value is -1.63. The summed E-state index contributed by atoms with van der Waals surface area (Å²) in [6, 6.07) is 3.16. The molecule has 0 aromatic heterocycles. The highest BCUT2D eigenvalue weighted by atomic mass is 16.5. The molecule has 1 saturated carbocycles. The van der Waals surface area contributed by atoms with E-state index in [1.165, 1.54) is 0 Å². The van der Waals surface area contributed by atoms with Crippen molar-refractivity contribution in [3.8, 4) is 11.5 Å². The molecule has 2 unspecified atom stereocenters. The largest absolute Gasteiger partial charge is 0.504 e. The number of benzene rings is 1. The fourth-order valence-corrected chi connectivity index (χ4v) is 5.58. The van der Waals surface area contributed by atoms with Crippen molar-refractivity contribution in [1.82, 2.24) is 4.90 Å². The second-order valence-electron chi connectivity index (χ2n) is 7.38. The first-order valence-corrected chi connectivity index (χ1v) is 8.06. The number of likely N-dealkylation sites (tertiary alicyclic amines) is 1. The van der Waals surface area contributed by atoms with E-state index in [4.69, 9.17) is 4.74 Å². The molecule has 0 amide bonds. The second-order valence-corrected chi connectivity index (χ2v) is 7.38. The molecule has 1 aromatic rings. The van der Waals surface area contributed by atoms with Gasteiger partial charge < -0.3 is 25.0 Å². The zero-order valence-electron chi connectivity index (χ0n) is 12.8. The van der Waals surface area contributed by atoms with E-state index in [9.17, 15) is 20.1 Å². The van der Waals surface area contributed by atoms with Gasteiger partial charge in [-0.25, -0.2) is 0 Å². The Morgan fingerprint density at radius 2 is 2.13 bits per heavy atom. The van der Waals surface area contributed by atoms with Gasteiger partial charge in [-0.3, -0.25) is 4.79 Å². The Labute approximate surface area is 133 Å². The Bertz CT molecular complexity index is 749. The van der Waals surface area contributed by atoms with Gasteiger partial charge in [0.25, 0.3) is 0 Å². The van der Waals surface area contributed by atoms with Crippen molar-refractivity contribution in [2.75, 3.05) is 13.6 Å². The van der Waals surface area contributed by atoms with Crippen LogP contribution in [0.15, 0.2) is 12.1 Å². The molecule has 1 aromatic carbocycles. The summed E-state index contributed by atoms with van der Waals surface area (Å²) in [4.78, 5) is 14.6. The molecule has 2 bridgehead atoms. The molecule has 2 fully saturated rings. The predicted molar refractivity (Wildman–Crippen MR) is 79.5 cm³/mol. The fourth-order valence-electron chi connectivity index (χ4n) is 5.58. The molecule has 122 valence electrons. The van der Waals surface area contributed by atoms with Gasteiger partial charge in [0, 0.05) is 18.0 Å². The smallest absolute Gasteiger partial charge is 0.177 e. The van der Waals surface area contributed by atoms with E-state index in [0.717, 1.165) is 11.1 Å². The van der Waals surface area contributed by atoms with Crippen LogP contribution >= 0.6 is 0 Å². The van der Waals surface area contributed by atoms with Crippen LogP contribution in [0.5, 0.6) is 11.5 Å². The number of rotatable bonds is 0. The van der Waals surface area contributed by atoms with Crippen LogP contribution in [0.25, 0.3) is 0 Å². The molecule has 2 heterocycles. The minimum Gasteiger partial charge on any atom is -0.504 e. The Balaban J connectivity index is 1.89. The monoisotopic (exact) mass is 317 g/mol. The van der Waals surface area contributed by atoms with Gasteiger partial charge in [0.15, 0.2) is 23.4 Å². The maximum atomic E-state index is 12.6. The maximum Gasteiger partial charge on any atom is 0.177 e. The third-order valence-corrected chi connectivity index (χ3v) is 6.57. The van der Waals surface area contributed by atoms with Crippen LogP contribution in [0.1, 0.15) is 24.0 Å². The Morgan fingerprint density at radius 1 is 1.35 bits per heavy atom. The Morgan fingerprint density at radius 3 is 2.91 bits per heavy atom. The van der Waals surface area contributed by atoms with Crippen molar-refractivity contribution in [3.63, 3.8) is 0 Å². The number of phenolic OH excluding ortho intramolecular Hbond substituents is 1. The van der Waals surface area contributed by atoms with E-state index in [1.54, 1.807) is 6.07 Å². The standard InChI is InChI=1S/C17H19NO5/c1-18-5-4-16-13-8-2-3-9(19)14(13)23-15(16)10(20)7-12(21)17(16,22)11(18)6-8/h2-3,11-12,15,19,21-22H,4-7H2,1H3/t11-,12?,15+,16+,17?/m1/s1. The number of hydrogen-bond donors (Lipinski definition) is 3. The van der Waals surface area contributed by atoms with Gasteiger partial charge in [0.1, 0.15) is 5.60 Å². The molecule has 5 rings (SSSR count). The molecule has 4 aliphatic rings. The highest BCUT2D eigenvalue weighted by Gasteiger charge is 2.75. The molecule has 2 aliphatic heterocycles. The summed E-state index contributed by atoms with van der Waals surface area (Å²) < 4.78 is 5.88. The molecule has 5 atom stereocenters. The lowest BCUT2D eigenvalue weighted by Crippen LogP contribution is -2.80. The van der Waals surface area contributed by atoms with E-state index >= 15 is 0 Å². The van der Waals surface area contributed by atoms with Gasteiger partial charge >= 0.3 is 0 Å². The van der Waals surface area contributed by atoms with Crippen LogP contribution in [0, 0.1) is 0 Å². The van der Waals surface area contributed by atoms with E-state index in [2.05, 4.69) is 4.90 Å². The fraction of sp³-hybridized carbons (Fsp3) is 0.588. The van der Waals surface area contributed by atoms with Crippen LogP contribution in [0.3, 0.4) is 0 Å². The first-order valence-electron chi connectivity index (χ1n) is 8.06. The number of aromatic hydroxyl groups is 1. The number of Topliss-reactive ketones (excluding diaryl/α,β-unsaturated/α-hetero) is 1. The zero-order valence-corrected chi connectivity index (χ0v) is 12.8. The van der Waals surface area contributed by atoms with Gasteiger partial charge in [-0.15, -0.1) is 0 Å². The normalized spacial score (nSPS) is 44.0. The van der Waals surface area contributed by atoms with Gasteiger partial charge in [-0.2, -0.15) is 0 Å². The summed E-state index contributed by atoms with van der Waals surface area (Å²) in [7, 11) is 1.94. The van der Waals surface area contributed by atoms with Crippen LogP contribution < -0.4 is 4.74 Å². The van der Waals surface area contributed by atoms with Crippen LogP contribution in [0.4, 0.5) is 0 Å². The van der Waals surface area contributed by atoms with E-state index in [-0.39, 0.29) is 24.0 Å². The lowest BCUT2D eigenvalue weighted by atomic mass is 9.48. The number of carbonyl (C=O) groups excluding carboxylic acids is 1. The predicted octanol–water partition coefficient (Wildman–Crippen LogP) is -0.284. The summed E-state index contributed by atoms with van der Waals surface area (Å²) in [5.74, 6) is 0.111. The molecule has 23 heavy (non-hydrogen) atoms. The number of nitrogens with zero attached hydrogens (tertiary/aromatic N) is 1. The van der Waals surface area contributed by atoms with Crippen molar-refractivity contribution in [1.29, 1.82) is 0 Å². The van der Waals surface area contributed by atoms with Crippen molar-refractivity contribution in [3.05, 3.63) is 23.3 Å². The number of carbonyl (C=O) groups is 1. The minimum atomic E-state index is -1.44. The lowest BCUT2D eigenvalue weighted by Gasteiger charge is -2.63. The molecule has 0 radical (unpaired) electrons. The summed E-state index contributed by atoms with van der Waals surface area (Å²) in [6.45, 7) is 0.710. The number of piperidine rings is 1. The van der Waals surface area contributed by atoms with Crippen molar-refractivity contribution >= 4 is 5.78 Å². The van der Waals surface area contributed by atoms with Crippen LogP contribution in [-0.4, -0.2) is 63.4 Å². The summed E-state index contributed by atoms with van der Waals surface area (Å²) >= 11 is 0. The van der Waals surface area contributed by atoms with E-state index in [0.29, 0.717) is 25.1 Å². The molecule has 3 N–H and O–H groups in total. The minimum absolute atomic E-state index is 0.00505. The van der Waals surface area contributed by atoms with Gasteiger partial charge in [-0.05, 0) is 38.1 Å². The quantitative estimate of drug-likeness (QED) is 0.609. The SMILES string of the molecule is CN1CC[C@]23c4c5ccc(O)c4O[C@H]2C(=O)CC(O)C3(O)[C@H]1C5. The number of likely N-dealkylation sites (N-methyl/N-ethyl adjacent to an activating group) is 1. The third-order valence-electron chi connectivity index (χ3n) is 6.57. The van der Waals surface area contributed by atoms with Gasteiger partial charge in [0.2, 0.25) is 0 Å². The highest BCUT2D eigenvalue weighted by Crippen LogP contribution is 2.64. The average molecular weight is 317 g/mol. The zero-order chi connectivity index (χ0) is 16.1. The molecule has 6 heteroatoms. The molecule has 6 nitrogen and oxygen atoms in total. The van der Waals surface area contributed by atoms with Crippen molar-refractivity contribution in [2.24, 2.45) is 0 Å². The van der Waals surface area contributed by atoms with Crippen LogP contribution in [-0.2, 0) is 16.6 Å². The van der Waals surface area contributed by atoms with E-state index in [1.807, 2.05) is 13.1 Å². The summed E-state index contributed by atoms with van der Waals surface area (Å²) in [5, 5.41) is 32.5. The topological polar surface area (TPSA) is 90.2 Å². The number of ether oxygens (including phenoxy) is 1. The Kier molecular flexibility index (Phi) is 2.33. The van der Waals surface area contributed by atoms with Crippen LogP contribution in [0.2, 0.25) is 0 Å². The maximum absolute atomic E-state index is 12.6. The highest BCUT2D eigenvalue weighted by molar-refractivity contribution is 5.90. The van der Waals surface area contributed by atoms with Gasteiger partial charge in [-0.1, -0.05) is 6.07 Å². The average Bonchev–Trinajstić information content (AvgIpc) is 2.86. The molecule has 2 aliphatic carbocycles. The second kappa shape index (κ2) is 3.88. The van der Waals surface area contributed by atoms with E-state index < -0.39 is 23.2 Å². The number of phenols is 1. The number of aliphatic hydroxyl groups is 2. The molecular weight excluding hydrogens is 298 g/mol.